The van der Waals surface area contributed by atoms with Crippen LogP contribution in [0.1, 0.15) is 32.1 Å². The van der Waals surface area contributed by atoms with Gasteiger partial charge in [-0.25, -0.2) is 0 Å². The van der Waals surface area contributed by atoms with Gasteiger partial charge in [0.2, 0.25) is 0 Å². The Hall–Kier alpha value is -0.880. The van der Waals surface area contributed by atoms with Crippen LogP contribution in [0, 0.1) is 11.3 Å². The minimum absolute atomic E-state index is 0.588. The Kier molecular flexibility index (Phi) is 3.91. The zero-order chi connectivity index (χ0) is 9.68. The number of methoxy groups -OCH3 is 1. The quantitative estimate of drug-likeness (QED) is 0.635. The molecule has 0 aromatic carbocycles. The minimum atomic E-state index is 0.588. The van der Waals surface area contributed by atoms with Gasteiger partial charge in [0.1, 0.15) is 0 Å². The summed E-state index contributed by atoms with van der Waals surface area (Å²) in [6, 6.07) is 2.25. The van der Waals surface area contributed by atoms with E-state index in [9.17, 15) is 0 Å². The summed E-state index contributed by atoms with van der Waals surface area (Å²) in [6.45, 7) is 0. The second-order valence-electron chi connectivity index (χ2n) is 3.15. The summed E-state index contributed by atoms with van der Waals surface area (Å²) in [7, 11) is 1.58. The topological polar surface area (TPSA) is 33.0 Å². The maximum absolute atomic E-state index is 8.86. The second-order valence-corrected chi connectivity index (χ2v) is 3.61. The van der Waals surface area contributed by atoms with Crippen molar-refractivity contribution >= 4 is 17.3 Å². The lowest BCUT2D eigenvalue weighted by atomic mass is 9.91. The van der Waals surface area contributed by atoms with Crippen LogP contribution in [0.25, 0.3) is 0 Å². The van der Waals surface area contributed by atoms with Crippen molar-refractivity contribution in [3.8, 4) is 6.07 Å². The molecular weight excluding hydrogens is 182 g/mol. The molecule has 0 N–H and O–H groups in total. The largest absolute Gasteiger partial charge is 0.490 e. The van der Waals surface area contributed by atoms with Gasteiger partial charge in [0, 0.05) is 12.0 Å². The van der Waals surface area contributed by atoms with E-state index in [1.807, 2.05) is 0 Å². The first-order chi connectivity index (χ1) is 6.27. The van der Waals surface area contributed by atoms with E-state index in [0.717, 1.165) is 24.8 Å². The predicted octanol–water partition coefficient (Wildman–Crippen LogP) is 2.74. The summed E-state index contributed by atoms with van der Waals surface area (Å²) >= 11 is 4.97. The highest BCUT2D eigenvalue weighted by atomic mass is 32.1. The minimum Gasteiger partial charge on any atom is -0.490 e. The Morgan fingerprint density at radius 3 is 2.85 bits per heavy atom. The van der Waals surface area contributed by atoms with Crippen molar-refractivity contribution in [2.24, 2.45) is 0 Å². The average molecular weight is 195 g/mol. The zero-order valence-electron chi connectivity index (χ0n) is 7.80. The molecule has 0 aromatic heterocycles. The molecule has 0 unspecified atom stereocenters. The standard InChI is InChI=1S/C10H13NOS/c1-12-10(13)6-8-4-2-3-5-9(8)7-11/h2-6H2,1H3. The fourth-order valence-electron chi connectivity index (χ4n) is 1.54. The van der Waals surface area contributed by atoms with E-state index in [-0.39, 0.29) is 0 Å². The van der Waals surface area contributed by atoms with Gasteiger partial charge in [0.15, 0.2) is 5.05 Å². The molecule has 0 spiro atoms. The van der Waals surface area contributed by atoms with E-state index in [2.05, 4.69) is 6.07 Å². The van der Waals surface area contributed by atoms with E-state index in [1.165, 1.54) is 12.0 Å². The van der Waals surface area contributed by atoms with E-state index >= 15 is 0 Å². The molecule has 0 saturated carbocycles. The summed E-state index contributed by atoms with van der Waals surface area (Å²) in [4.78, 5) is 0. The van der Waals surface area contributed by atoms with Crippen molar-refractivity contribution in [1.82, 2.24) is 0 Å². The van der Waals surface area contributed by atoms with Gasteiger partial charge < -0.3 is 4.74 Å². The van der Waals surface area contributed by atoms with Crippen LogP contribution >= 0.6 is 12.2 Å². The second kappa shape index (κ2) is 4.98. The van der Waals surface area contributed by atoms with Crippen LogP contribution in [0.3, 0.4) is 0 Å². The van der Waals surface area contributed by atoms with Gasteiger partial charge in [0.25, 0.3) is 0 Å². The Balaban J connectivity index is 2.69. The molecule has 0 heterocycles. The van der Waals surface area contributed by atoms with E-state index < -0.39 is 0 Å². The fraction of sp³-hybridized carbons (Fsp3) is 0.600. The highest BCUT2D eigenvalue weighted by molar-refractivity contribution is 7.80. The van der Waals surface area contributed by atoms with Gasteiger partial charge in [-0.3, -0.25) is 0 Å². The molecule has 13 heavy (non-hydrogen) atoms. The normalized spacial score (nSPS) is 16.6. The third kappa shape index (κ3) is 2.82. The third-order valence-electron chi connectivity index (χ3n) is 2.30. The highest BCUT2D eigenvalue weighted by Crippen LogP contribution is 2.26. The number of allylic oxidation sites excluding steroid dienone is 1. The van der Waals surface area contributed by atoms with Gasteiger partial charge >= 0.3 is 0 Å². The maximum atomic E-state index is 8.86. The lowest BCUT2D eigenvalue weighted by Crippen LogP contribution is -2.05. The number of nitriles is 1. The highest BCUT2D eigenvalue weighted by Gasteiger charge is 2.13. The monoisotopic (exact) mass is 195 g/mol. The lowest BCUT2D eigenvalue weighted by molar-refractivity contribution is 0.404. The summed E-state index contributed by atoms with van der Waals surface area (Å²) in [5, 5.41) is 9.44. The Morgan fingerprint density at radius 2 is 2.23 bits per heavy atom. The van der Waals surface area contributed by atoms with Gasteiger partial charge in [-0.05, 0) is 43.5 Å². The van der Waals surface area contributed by atoms with Gasteiger partial charge in [-0.15, -0.1) is 0 Å². The molecule has 0 saturated heterocycles. The average Bonchev–Trinajstić information content (AvgIpc) is 2.18. The van der Waals surface area contributed by atoms with Crippen molar-refractivity contribution < 1.29 is 4.74 Å². The van der Waals surface area contributed by atoms with Crippen LogP contribution in [-0.2, 0) is 4.74 Å². The van der Waals surface area contributed by atoms with Crippen molar-refractivity contribution in [2.45, 2.75) is 32.1 Å². The first kappa shape index (κ1) is 10.2. The zero-order valence-corrected chi connectivity index (χ0v) is 8.62. The van der Waals surface area contributed by atoms with Gasteiger partial charge in [-0.1, -0.05) is 0 Å². The third-order valence-corrected chi connectivity index (χ3v) is 2.61. The fourth-order valence-corrected chi connectivity index (χ4v) is 1.72. The van der Waals surface area contributed by atoms with Crippen molar-refractivity contribution in [3.05, 3.63) is 11.1 Å². The first-order valence-electron chi connectivity index (χ1n) is 4.45. The molecule has 1 aliphatic rings. The molecule has 1 aliphatic carbocycles. The summed E-state index contributed by atoms with van der Waals surface area (Å²) in [6.07, 6.45) is 4.89. The van der Waals surface area contributed by atoms with E-state index in [0.29, 0.717) is 11.5 Å². The van der Waals surface area contributed by atoms with E-state index in [1.54, 1.807) is 7.11 Å². The molecular formula is C10H13NOS. The number of rotatable bonds is 2. The Bertz CT molecular complexity index is 275. The molecule has 0 aliphatic heterocycles. The summed E-state index contributed by atoms with van der Waals surface area (Å²) in [5.74, 6) is 0. The smallest absolute Gasteiger partial charge is 0.163 e. The summed E-state index contributed by atoms with van der Waals surface area (Å²) < 4.78 is 4.93. The maximum Gasteiger partial charge on any atom is 0.163 e. The number of nitrogens with zero attached hydrogens (tertiary/aromatic N) is 1. The predicted molar refractivity (Wildman–Crippen MR) is 55.3 cm³/mol. The van der Waals surface area contributed by atoms with Crippen LogP contribution in [-0.4, -0.2) is 12.2 Å². The Morgan fingerprint density at radius 1 is 1.54 bits per heavy atom. The molecule has 70 valence electrons. The Labute approximate surface area is 84.2 Å². The van der Waals surface area contributed by atoms with Crippen LogP contribution in [0.4, 0.5) is 0 Å². The molecule has 0 atom stereocenters. The number of thiocarbonyl (C=S) groups is 1. The summed E-state index contributed by atoms with van der Waals surface area (Å²) in [5.41, 5.74) is 2.10. The van der Waals surface area contributed by atoms with Crippen molar-refractivity contribution in [2.75, 3.05) is 7.11 Å². The van der Waals surface area contributed by atoms with E-state index in [4.69, 9.17) is 22.2 Å². The molecule has 0 fully saturated rings. The molecule has 1 rings (SSSR count). The molecule has 3 heteroatoms. The molecule has 0 radical (unpaired) electrons. The molecule has 0 bridgehead atoms. The van der Waals surface area contributed by atoms with Crippen LogP contribution in [0.15, 0.2) is 11.1 Å². The number of hydrogen-bond acceptors (Lipinski definition) is 3. The van der Waals surface area contributed by atoms with Crippen LogP contribution in [0.5, 0.6) is 0 Å². The first-order valence-corrected chi connectivity index (χ1v) is 4.86. The molecule has 0 aromatic rings. The lowest BCUT2D eigenvalue weighted by Gasteiger charge is -2.15. The van der Waals surface area contributed by atoms with Crippen LogP contribution in [0.2, 0.25) is 0 Å². The van der Waals surface area contributed by atoms with Crippen LogP contribution < -0.4 is 0 Å². The van der Waals surface area contributed by atoms with Crippen molar-refractivity contribution in [1.29, 1.82) is 5.26 Å². The number of ether oxygens (including phenoxy) is 1. The molecule has 2 nitrogen and oxygen atoms in total. The van der Waals surface area contributed by atoms with Gasteiger partial charge in [-0.2, -0.15) is 5.26 Å². The SMILES string of the molecule is COC(=S)CC1=C(C#N)CCCC1. The van der Waals surface area contributed by atoms with Crippen molar-refractivity contribution in [3.63, 3.8) is 0 Å². The number of hydrogen-bond donors (Lipinski definition) is 0. The molecule has 0 amide bonds. The van der Waals surface area contributed by atoms with Gasteiger partial charge in [0.05, 0.1) is 13.2 Å².